The molecule has 1 unspecified atom stereocenters. The lowest BCUT2D eigenvalue weighted by molar-refractivity contribution is 0.114. The summed E-state index contributed by atoms with van der Waals surface area (Å²) in [6.07, 6.45) is -0.721. The van der Waals surface area contributed by atoms with Crippen molar-refractivity contribution >= 4 is 35.6 Å². The fourth-order valence-corrected chi connectivity index (χ4v) is 2.61. The number of ether oxygens (including phenoxy) is 3. The molecule has 30 heavy (non-hydrogen) atoms. The third kappa shape index (κ3) is 8.66. The molecular formula is C22H32IN3O4. The second-order valence-electron chi connectivity index (χ2n) is 6.42. The van der Waals surface area contributed by atoms with Gasteiger partial charge in [-0.15, -0.1) is 24.0 Å². The highest BCUT2D eigenvalue weighted by Gasteiger charge is 2.09. The summed E-state index contributed by atoms with van der Waals surface area (Å²) in [5, 5.41) is 16.6. The monoisotopic (exact) mass is 529 g/mol. The molecule has 0 aliphatic heterocycles. The minimum absolute atomic E-state index is 0. The summed E-state index contributed by atoms with van der Waals surface area (Å²) in [5.41, 5.74) is 1.92. The largest absolute Gasteiger partial charge is 0.493 e. The van der Waals surface area contributed by atoms with Gasteiger partial charge in [0.05, 0.1) is 20.3 Å². The average Bonchev–Trinajstić information content (AvgIpc) is 2.71. The quantitative estimate of drug-likeness (QED) is 0.247. The molecule has 0 saturated heterocycles. The molecule has 0 heterocycles. The van der Waals surface area contributed by atoms with E-state index in [1.807, 2.05) is 63.2 Å². The molecule has 0 amide bonds. The van der Waals surface area contributed by atoms with Crippen molar-refractivity contribution in [3.05, 3.63) is 48.0 Å². The number of rotatable bonds is 10. The second-order valence-corrected chi connectivity index (χ2v) is 6.42. The number of aliphatic imine (C=N–C) groups is 1. The van der Waals surface area contributed by atoms with Crippen molar-refractivity contribution in [3.63, 3.8) is 0 Å². The van der Waals surface area contributed by atoms with E-state index in [1.165, 1.54) is 0 Å². The van der Waals surface area contributed by atoms with E-state index >= 15 is 0 Å². The predicted molar refractivity (Wildman–Crippen MR) is 132 cm³/mol. The Morgan fingerprint density at radius 2 is 1.90 bits per heavy atom. The highest BCUT2D eigenvalue weighted by Crippen LogP contribution is 2.30. The van der Waals surface area contributed by atoms with Crippen LogP contribution in [0.25, 0.3) is 0 Å². The van der Waals surface area contributed by atoms with E-state index in [1.54, 1.807) is 7.11 Å². The molecule has 0 bridgehead atoms. The van der Waals surface area contributed by atoms with Gasteiger partial charge in [-0.1, -0.05) is 12.1 Å². The Kier molecular flexibility index (Phi) is 12.0. The first-order valence-corrected chi connectivity index (χ1v) is 9.79. The molecule has 0 aliphatic carbocycles. The van der Waals surface area contributed by atoms with E-state index in [4.69, 9.17) is 14.2 Å². The number of benzene rings is 2. The number of aliphatic hydroxyl groups excluding tert-OH is 1. The van der Waals surface area contributed by atoms with E-state index < -0.39 is 6.10 Å². The van der Waals surface area contributed by atoms with Gasteiger partial charge in [0, 0.05) is 18.3 Å². The lowest BCUT2D eigenvalue weighted by atomic mass is 10.2. The maximum absolute atomic E-state index is 10.2. The van der Waals surface area contributed by atoms with Crippen LogP contribution in [-0.4, -0.2) is 50.6 Å². The topological polar surface area (TPSA) is 84.3 Å². The Balaban J connectivity index is 0.00000450. The van der Waals surface area contributed by atoms with Crippen molar-refractivity contribution in [2.45, 2.75) is 26.9 Å². The second kappa shape index (κ2) is 13.9. The minimum Gasteiger partial charge on any atom is -0.493 e. The molecule has 0 radical (unpaired) electrons. The number of guanidine groups is 1. The molecule has 2 rings (SSSR count). The first-order chi connectivity index (χ1) is 14.0. The molecule has 2 aromatic rings. The van der Waals surface area contributed by atoms with E-state index in [9.17, 15) is 5.11 Å². The molecule has 0 aliphatic rings. The Labute approximate surface area is 195 Å². The molecule has 2 aromatic carbocycles. The van der Waals surface area contributed by atoms with Crippen LogP contribution in [0.2, 0.25) is 0 Å². The van der Waals surface area contributed by atoms with Crippen LogP contribution in [0.5, 0.6) is 17.2 Å². The Morgan fingerprint density at radius 3 is 2.57 bits per heavy atom. The van der Waals surface area contributed by atoms with Crippen molar-refractivity contribution in [3.8, 4) is 17.2 Å². The van der Waals surface area contributed by atoms with Gasteiger partial charge in [-0.2, -0.15) is 0 Å². The lowest BCUT2D eigenvalue weighted by Gasteiger charge is -2.15. The smallest absolute Gasteiger partial charge is 0.195 e. The third-order valence-corrected chi connectivity index (χ3v) is 3.96. The predicted octanol–water partition coefficient (Wildman–Crippen LogP) is 3.84. The number of aryl methyl sites for hydroxylation is 1. The molecule has 0 aromatic heterocycles. The number of halogens is 1. The SMILES string of the molecule is CCNC(=NCC(O)COc1cccc(C)c1)Nc1ccc(OC)c(OCC)c1.I. The zero-order chi connectivity index (χ0) is 21.1. The fraction of sp³-hybridized carbons (Fsp3) is 0.409. The summed E-state index contributed by atoms with van der Waals surface area (Å²) in [5.74, 6) is 2.62. The van der Waals surface area contributed by atoms with Crippen molar-refractivity contribution in [1.29, 1.82) is 0 Å². The van der Waals surface area contributed by atoms with Crippen LogP contribution in [0.4, 0.5) is 5.69 Å². The van der Waals surface area contributed by atoms with Gasteiger partial charge in [-0.3, -0.25) is 4.99 Å². The van der Waals surface area contributed by atoms with Crippen LogP contribution in [-0.2, 0) is 0 Å². The Hall–Kier alpha value is -2.20. The van der Waals surface area contributed by atoms with E-state index in [0.717, 1.165) is 17.0 Å². The summed E-state index contributed by atoms with van der Waals surface area (Å²) >= 11 is 0. The highest BCUT2D eigenvalue weighted by molar-refractivity contribution is 14.0. The van der Waals surface area contributed by atoms with Crippen molar-refractivity contribution in [2.24, 2.45) is 4.99 Å². The van der Waals surface area contributed by atoms with Gasteiger partial charge in [0.15, 0.2) is 17.5 Å². The first kappa shape index (κ1) is 25.8. The average molecular weight is 529 g/mol. The van der Waals surface area contributed by atoms with Crippen LogP contribution < -0.4 is 24.8 Å². The number of nitrogens with one attached hydrogen (secondary N) is 2. The lowest BCUT2D eigenvalue weighted by Crippen LogP contribution is -2.32. The molecule has 7 nitrogen and oxygen atoms in total. The number of hydrogen-bond acceptors (Lipinski definition) is 5. The van der Waals surface area contributed by atoms with Crippen LogP contribution in [0.15, 0.2) is 47.5 Å². The molecule has 3 N–H and O–H groups in total. The maximum atomic E-state index is 10.2. The van der Waals surface area contributed by atoms with Crippen molar-refractivity contribution in [1.82, 2.24) is 5.32 Å². The number of aliphatic hydroxyl groups is 1. The number of anilines is 1. The molecule has 0 fully saturated rings. The zero-order valence-corrected chi connectivity index (χ0v) is 20.3. The number of nitrogens with zero attached hydrogens (tertiary/aromatic N) is 1. The summed E-state index contributed by atoms with van der Waals surface area (Å²) < 4.78 is 16.6. The van der Waals surface area contributed by atoms with E-state index in [2.05, 4.69) is 15.6 Å². The summed E-state index contributed by atoms with van der Waals surface area (Å²) in [4.78, 5) is 4.45. The molecule has 0 spiro atoms. The van der Waals surface area contributed by atoms with Gasteiger partial charge >= 0.3 is 0 Å². The van der Waals surface area contributed by atoms with Crippen LogP contribution in [0, 0.1) is 6.92 Å². The number of hydrogen-bond donors (Lipinski definition) is 3. The van der Waals surface area contributed by atoms with Gasteiger partial charge in [0.2, 0.25) is 0 Å². The first-order valence-electron chi connectivity index (χ1n) is 9.79. The summed E-state index contributed by atoms with van der Waals surface area (Å²) in [7, 11) is 1.61. The molecular weight excluding hydrogens is 497 g/mol. The molecule has 8 heteroatoms. The standard InChI is InChI=1S/C22H31N3O4.HI/c1-5-23-22(25-17-10-11-20(27-4)21(13-17)28-6-2)24-14-18(26)15-29-19-9-7-8-16(3)12-19;/h7-13,18,26H,5-6,14-15H2,1-4H3,(H2,23,24,25);1H. The number of methoxy groups -OCH3 is 1. The van der Waals surface area contributed by atoms with E-state index in [0.29, 0.717) is 30.6 Å². The van der Waals surface area contributed by atoms with Gasteiger partial charge in [-0.05, 0) is 50.6 Å². The van der Waals surface area contributed by atoms with Crippen molar-refractivity contribution in [2.75, 3.05) is 38.7 Å². The van der Waals surface area contributed by atoms with Crippen molar-refractivity contribution < 1.29 is 19.3 Å². The van der Waals surface area contributed by atoms with E-state index in [-0.39, 0.29) is 37.1 Å². The summed E-state index contributed by atoms with van der Waals surface area (Å²) in [6.45, 7) is 7.51. The molecule has 1 atom stereocenters. The summed E-state index contributed by atoms with van der Waals surface area (Å²) in [6, 6.07) is 13.3. The van der Waals surface area contributed by atoms with Gasteiger partial charge in [0.25, 0.3) is 0 Å². The Bertz CT molecular complexity index is 802. The van der Waals surface area contributed by atoms with Gasteiger partial charge in [-0.25, -0.2) is 0 Å². The maximum Gasteiger partial charge on any atom is 0.195 e. The van der Waals surface area contributed by atoms with Crippen LogP contribution in [0.1, 0.15) is 19.4 Å². The highest BCUT2D eigenvalue weighted by atomic mass is 127. The normalized spacial score (nSPS) is 11.8. The fourth-order valence-electron chi connectivity index (χ4n) is 2.61. The third-order valence-electron chi connectivity index (χ3n) is 3.96. The Morgan fingerprint density at radius 1 is 1.10 bits per heavy atom. The van der Waals surface area contributed by atoms with Crippen LogP contribution in [0.3, 0.4) is 0 Å². The molecule has 0 saturated carbocycles. The minimum atomic E-state index is -0.721. The zero-order valence-electron chi connectivity index (χ0n) is 18.0. The van der Waals surface area contributed by atoms with Crippen LogP contribution >= 0.6 is 24.0 Å². The van der Waals surface area contributed by atoms with Gasteiger partial charge < -0.3 is 30.0 Å². The molecule has 166 valence electrons. The van der Waals surface area contributed by atoms with Gasteiger partial charge in [0.1, 0.15) is 18.5 Å².